The molecule has 1 aliphatic heterocycles. The number of carbonyl (C=O) groups is 1. The van der Waals surface area contributed by atoms with E-state index in [-0.39, 0.29) is 12.5 Å². The van der Waals surface area contributed by atoms with Crippen LogP contribution in [-0.2, 0) is 14.3 Å². The third-order valence-corrected chi connectivity index (χ3v) is 11.4. The summed E-state index contributed by atoms with van der Waals surface area (Å²) in [4.78, 5) is 12.9. The predicted octanol–water partition coefficient (Wildman–Crippen LogP) is 10.5. The number of aliphatic hydroxyl groups is 5. The van der Waals surface area contributed by atoms with Gasteiger partial charge >= 0.3 is 0 Å². The monoisotopic (exact) mass is 822 g/mol. The molecular weight excluding hydrogens is 731 g/mol. The van der Waals surface area contributed by atoms with Crippen molar-refractivity contribution in [3.8, 4) is 0 Å². The van der Waals surface area contributed by atoms with E-state index in [2.05, 4.69) is 43.5 Å². The molecule has 58 heavy (non-hydrogen) atoms. The molecule has 0 aromatic carbocycles. The van der Waals surface area contributed by atoms with Crippen LogP contribution in [0.4, 0.5) is 0 Å². The lowest BCUT2D eigenvalue weighted by atomic mass is 9.99. The summed E-state index contributed by atoms with van der Waals surface area (Å²) in [6, 6.07) is -0.824. The Morgan fingerprint density at radius 1 is 0.569 bits per heavy atom. The van der Waals surface area contributed by atoms with Gasteiger partial charge in [-0.3, -0.25) is 4.79 Å². The molecule has 0 radical (unpaired) electrons. The molecule has 0 aliphatic carbocycles. The van der Waals surface area contributed by atoms with E-state index < -0.39 is 49.5 Å². The zero-order valence-corrected chi connectivity index (χ0v) is 37.3. The summed E-state index contributed by atoms with van der Waals surface area (Å²) in [5, 5.41) is 54.2. The lowest BCUT2D eigenvalue weighted by Crippen LogP contribution is -2.60. The Bertz CT molecular complexity index is 1000. The average molecular weight is 822 g/mol. The van der Waals surface area contributed by atoms with Crippen molar-refractivity contribution < 1.29 is 39.8 Å². The number of carbonyl (C=O) groups excluding carboxylic acids is 1. The summed E-state index contributed by atoms with van der Waals surface area (Å²) in [5.41, 5.74) is 0. The van der Waals surface area contributed by atoms with Gasteiger partial charge in [-0.15, -0.1) is 0 Å². The Hall–Kier alpha value is -1.59. The molecule has 0 bridgehead atoms. The van der Waals surface area contributed by atoms with Gasteiger partial charge in [0, 0.05) is 6.42 Å². The Labute approximate surface area is 355 Å². The fourth-order valence-corrected chi connectivity index (χ4v) is 7.54. The van der Waals surface area contributed by atoms with Gasteiger partial charge in [0.2, 0.25) is 5.91 Å². The van der Waals surface area contributed by atoms with Crippen LogP contribution in [0.15, 0.2) is 36.5 Å². The number of ether oxygens (including phenoxy) is 2. The molecule has 1 amide bonds. The minimum Gasteiger partial charge on any atom is -0.394 e. The van der Waals surface area contributed by atoms with E-state index in [1.165, 1.54) is 148 Å². The van der Waals surface area contributed by atoms with Gasteiger partial charge in [0.05, 0.1) is 25.4 Å². The highest BCUT2D eigenvalue weighted by Crippen LogP contribution is 2.22. The predicted molar refractivity (Wildman–Crippen MR) is 240 cm³/mol. The molecule has 0 saturated carbocycles. The summed E-state index contributed by atoms with van der Waals surface area (Å²) in [6.07, 6.45) is 42.0. The first-order valence-electron chi connectivity index (χ1n) is 24.2. The third kappa shape index (κ3) is 29.6. The molecule has 0 spiro atoms. The molecule has 1 rings (SSSR count). The average Bonchev–Trinajstić information content (AvgIpc) is 3.22. The number of hydrogen-bond acceptors (Lipinski definition) is 8. The fourth-order valence-electron chi connectivity index (χ4n) is 7.54. The number of allylic oxidation sites excluding steroid dienone is 5. The minimum absolute atomic E-state index is 0.191. The van der Waals surface area contributed by atoms with Crippen LogP contribution in [0.2, 0.25) is 0 Å². The maximum Gasteiger partial charge on any atom is 0.220 e. The molecule has 7 atom stereocenters. The number of hydrogen-bond donors (Lipinski definition) is 6. The number of rotatable bonds is 40. The van der Waals surface area contributed by atoms with Crippen LogP contribution in [0, 0.1) is 0 Å². The Morgan fingerprint density at radius 3 is 1.45 bits per heavy atom. The lowest BCUT2D eigenvalue weighted by Gasteiger charge is -2.40. The molecule has 7 unspecified atom stereocenters. The van der Waals surface area contributed by atoms with Crippen molar-refractivity contribution in [2.75, 3.05) is 13.2 Å². The molecule has 0 aromatic heterocycles. The maximum absolute atomic E-state index is 12.9. The molecule has 1 aliphatic rings. The first-order valence-corrected chi connectivity index (χ1v) is 24.2. The molecule has 0 aromatic rings. The van der Waals surface area contributed by atoms with Gasteiger partial charge in [0.15, 0.2) is 6.29 Å². The maximum atomic E-state index is 12.9. The van der Waals surface area contributed by atoms with Gasteiger partial charge in [0.25, 0.3) is 0 Å². The Morgan fingerprint density at radius 2 is 0.983 bits per heavy atom. The molecule has 1 heterocycles. The SMILES string of the molecule is CCCCCCCCCCCCCCC/C=C/CC/C=C/CC/C=C/C(O)C(COC1OC(CO)C(O)C(O)C1O)NC(=O)CCCCCCCCCCCCCC. The molecule has 1 saturated heterocycles. The second kappa shape index (κ2) is 39.5. The van der Waals surface area contributed by atoms with Gasteiger partial charge in [-0.05, 0) is 44.9 Å². The van der Waals surface area contributed by atoms with E-state index in [9.17, 15) is 30.3 Å². The third-order valence-electron chi connectivity index (χ3n) is 11.4. The second-order valence-corrected chi connectivity index (χ2v) is 16.9. The summed E-state index contributed by atoms with van der Waals surface area (Å²) < 4.78 is 11.2. The van der Waals surface area contributed by atoms with Crippen molar-refractivity contribution >= 4 is 5.91 Å². The van der Waals surface area contributed by atoms with Gasteiger partial charge in [-0.1, -0.05) is 198 Å². The molecule has 340 valence electrons. The van der Waals surface area contributed by atoms with Crippen molar-refractivity contribution in [1.29, 1.82) is 0 Å². The van der Waals surface area contributed by atoms with E-state index >= 15 is 0 Å². The highest BCUT2D eigenvalue weighted by Gasteiger charge is 2.44. The second-order valence-electron chi connectivity index (χ2n) is 16.9. The van der Waals surface area contributed by atoms with Crippen molar-refractivity contribution in [2.45, 2.75) is 256 Å². The normalized spacial score (nSPS) is 21.1. The van der Waals surface area contributed by atoms with Crippen LogP contribution >= 0.6 is 0 Å². The number of aliphatic hydroxyl groups excluding tert-OH is 5. The van der Waals surface area contributed by atoms with Crippen LogP contribution in [0.25, 0.3) is 0 Å². The van der Waals surface area contributed by atoms with E-state index in [1.807, 2.05) is 6.08 Å². The molecule has 6 N–H and O–H groups in total. The lowest BCUT2D eigenvalue weighted by molar-refractivity contribution is -0.302. The number of amides is 1. The molecule has 9 nitrogen and oxygen atoms in total. The summed E-state index contributed by atoms with van der Waals surface area (Å²) in [7, 11) is 0. The molecule has 1 fully saturated rings. The summed E-state index contributed by atoms with van der Waals surface area (Å²) >= 11 is 0. The van der Waals surface area contributed by atoms with Crippen molar-refractivity contribution in [2.24, 2.45) is 0 Å². The van der Waals surface area contributed by atoms with Crippen molar-refractivity contribution in [1.82, 2.24) is 5.32 Å². The quantitative estimate of drug-likeness (QED) is 0.0264. The van der Waals surface area contributed by atoms with E-state index in [1.54, 1.807) is 6.08 Å². The van der Waals surface area contributed by atoms with Crippen LogP contribution in [0.5, 0.6) is 0 Å². The molecular formula is C49H91NO8. The Kier molecular flexibility index (Phi) is 37.1. The van der Waals surface area contributed by atoms with Gasteiger partial charge in [-0.25, -0.2) is 0 Å². The molecule has 9 heteroatoms. The van der Waals surface area contributed by atoms with Crippen LogP contribution in [0.1, 0.15) is 213 Å². The van der Waals surface area contributed by atoms with Crippen LogP contribution in [0.3, 0.4) is 0 Å². The minimum atomic E-state index is -1.57. The van der Waals surface area contributed by atoms with Crippen LogP contribution in [-0.4, -0.2) is 87.5 Å². The Balaban J connectivity index is 2.34. The van der Waals surface area contributed by atoms with Crippen LogP contribution < -0.4 is 5.32 Å². The van der Waals surface area contributed by atoms with Gasteiger partial charge in [0.1, 0.15) is 24.4 Å². The van der Waals surface area contributed by atoms with E-state index in [4.69, 9.17) is 9.47 Å². The highest BCUT2D eigenvalue weighted by molar-refractivity contribution is 5.76. The summed E-state index contributed by atoms with van der Waals surface area (Å²) in [6.45, 7) is 3.75. The van der Waals surface area contributed by atoms with E-state index in [0.29, 0.717) is 6.42 Å². The smallest absolute Gasteiger partial charge is 0.220 e. The van der Waals surface area contributed by atoms with Gasteiger partial charge < -0.3 is 40.3 Å². The first kappa shape index (κ1) is 54.4. The van der Waals surface area contributed by atoms with Gasteiger partial charge in [-0.2, -0.15) is 0 Å². The number of unbranched alkanes of at least 4 members (excludes halogenated alkanes) is 26. The first-order chi connectivity index (χ1) is 28.3. The standard InChI is InChI=1S/C49H91NO8/c1-3-5-7-9-11-13-15-17-18-19-20-21-22-23-24-25-26-27-28-30-32-34-36-38-43(52)42(41-57-49-48(56)47(55)46(54)44(40-51)58-49)50-45(53)39-37-35-33-31-29-16-14-12-10-8-6-4-2/h24-25,28,30,36,38,42-44,46-49,51-52,54-56H,3-23,26-27,29,31-35,37,39-41H2,1-2H3,(H,50,53)/b25-24+,30-28+,38-36+. The van der Waals surface area contributed by atoms with Crippen molar-refractivity contribution in [3.05, 3.63) is 36.5 Å². The summed E-state index contributed by atoms with van der Waals surface area (Å²) in [5.74, 6) is -0.191. The van der Waals surface area contributed by atoms with Crippen molar-refractivity contribution in [3.63, 3.8) is 0 Å². The fraction of sp³-hybridized carbons (Fsp3) is 0.857. The zero-order valence-electron chi connectivity index (χ0n) is 37.3. The highest BCUT2D eigenvalue weighted by atomic mass is 16.7. The largest absolute Gasteiger partial charge is 0.394 e. The number of nitrogens with one attached hydrogen (secondary N) is 1. The zero-order chi connectivity index (χ0) is 42.3. The topological polar surface area (TPSA) is 149 Å². The van der Waals surface area contributed by atoms with E-state index in [0.717, 1.165) is 44.9 Å².